The van der Waals surface area contributed by atoms with Gasteiger partial charge in [0.1, 0.15) is 5.70 Å². The fourth-order valence-electron chi connectivity index (χ4n) is 3.98. The Hall–Kier alpha value is -2.98. The minimum atomic E-state index is -0.221. The number of carbonyl (C=O) groups is 1. The highest BCUT2D eigenvalue weighted by Gasteiger charge is 2.33. The second kappa shape index (κ2) is 8.04. The van der Waals surface area contributed by atoms with E-state index in [0.29, 0.717) is 16.6 Å². The molecule has 4 rings (SSSR count). The normalized spacial score (nSPS) is 21.2. The number of aliphatic imine (C=N–C) groups is 1. The minimum absolute atomic E-state index is 0.0238. The van der Waals surface area contributed by atoms with Crippen molar-refractivity contribution in [1.29, 1.82) is 0 Å². The van der Waals surface area contributed by atoms with E-state index in [1.165, 1.54) is 10.6 Å². The summed E-state index contributed by atoms with van der Waals surface area (Å²) in [5, 5.41) is 6.90. The van der Waals surface area contributed by atoms with E-state index in [1.54, 1.807) is 18.2 Å². The van der Waals surface area contributed by atoms with E-state index >= 15 is 0 Å². The molecule has 0 atom stereocenters. The number of nitrogens with zero attached hydrogens (tertiary/aromatic N) is 3. The van der Waals surface area contributed by atoms with Gasteiger partial charge in [0, 0.05) is 22.7 Å². The number of benzene rings is 2. The molecule has 2 aromatic rings. The summed E-state index contributed by atoms with van der Waals surface area (Å²) in [7, 11) is 0. The van der Waals surface area contributed by atoms with Crippen LogP contribution in [0.2, 0.25) is 5.02 Å². The molecule has 0 spiro atoms. The molecule has 30 heavy (non-hydrogen) atoms. The van der Waals surface area contributed by atoms with Crippen molar-refractivity contribution < 1.29 is 4.79 Å². The van der Waals surface area contributed by atoms with Crippen LogP contribution in [0, 0.1) is 5.41 Å². The SMILES string of the molecule is CC1=CC(C)(C)C/C(=N\N2C(=O)/C(=C\c3ccc(Cl)cc3)N=C2c2ccccc2)C1. The lowest BCUT2D eigenvalue weighted by Gasteiger charge is -2.28. The highest BCUT2D eigenvalue weighted by atomic mass is 35.5. The molecule has 0 aromatic heterocycles. The van der Waals surface area contributed by atoms with E-state index in [2.05, 4.69) is 31.8 Å². The number of amidine groups is 1. The second-order valence-electron chi connectivity index (χ2n) is 8.50. The van der Waals surface area contributed by atoms with Gasteiger partial charge in [0.15, 0.2) is 5.84 Å². The third kappa shape index (κ3) is 4.44. The highest BCUT2D eigenvalue weighted by molar-refractivity contribution is 6.30. The number of hydrogen-bond donors (Lipinski definition) is 0. The smallest absolute Gasteiger partial charge is 0.265 e. The summed E-state index contributed by atoms with van der Waals surface area (Å²) in [5.74, 6) is 0.333. The largest absolute Gasteiger partial charge is 0.298 e. The topological polar surface area (TPSA) is 45.0 Å². The van der Waals surface area contributed by atoms with E-state index in [0.717, 1.165) is 29.7 Å². The standard InChI is InChI=1S/C25H24ClN3O/c1-17-13-21(16-25(2,3)15-17)28-29-23(19-7-5-4-6-8-19)27-22(24(29)30)14-18-9-11-20(26)12-10-18/h4-12,14-15H,13,16H2,1-3H3/b22-14+,28-21-. The molecule has 1 heterocycles. The Morgan fingerprint density at radius 3 is 2.47 bits per heavy atom. The van der Waals surface area contributed by atoms with Gasteiger partial charge in [0.25, 0.3) is 5.91 Å². The average Bonchev–Trinajstić information content (AvgIpc) is 2.98. The highest BCUT2D eigenvalue weighted by Crippen LogP contribution is 2.32. The van der Waals surface area contributed by atoms with Crippen LogP contribution in [0.4, 0.5) is 0 Å². The molecule has 0 N–H and O–H groups in total. The molecule has 2 aromatic carbocycles. The number of rotatable bonds is 3. The van der Waals surface area contributed by atoms with Gasteiger partial charge in [-0.25, -0.2) is 4.99 Å². The Kier molecular flexibility index (Phi) is 5.44. The van der Waals surface area contributed by atoms with Gasteiger partial charge in [-0.05, 0) is 42.5 Å². The van der Waals surface area contributed by atoms with Crippen LogP contribution in [0.5, 0.6) is 0 Å². The van der Waals surface area contributed by atoms with Crippen LogP contribution in [0.25, 0.3) is 6.08 Å². The lowest BCUT2D eigenvalue weighted by Crippen LogP contribution is -2.31. The lowest BCUT2D eigenvalue weighted by molar-refractivity contribution is -0.122. The van der Waals surface area contributed by atoms with Crippen molar-refractivity contribution in [3.05, 3.63) is 88.1 Å². The number of hydrogen-bond acceptors (Lipinski definition) is 3. The van der Waals surface area contributed by atoms with Crippen LogP contribution >= 0.6 is 11.6 Å². The molecule has 0 saturated carbocycles. The van der Waals surface area contributed by atoms with Crippen LogP contribution in [0.3, 0.4) is 0 Å². The van der Waals surface area contributed by atoms with Crippen molar-refractivity contribution >= 4 is 35.1 Å². The molecule has 0 radical (unpaired) electrons. The first-order valence-corrected chi connectivity index (χ1v) is 10.4. The van der Waals surface area contributed by atoms with Crippen LogP contribution in [0.1, 0.15) is 44.7 Å². The fraction of sp³-hybridized carbons (Fsp3) is 0.240. The molecule has 0 saturated heterocycles. The number of hydrazone groups is 1. The van der Waals surface area contributed by atoms with Gasteiger partial charge in [-0.15, -0.1) is 0 Å². The van der Waals surface area contributed by atoms with Crippen molar-refractivity contribution in [2.75, 3.05) is 0 Å². The molecule has 5 heteroatoms. The van der Waals surface area contributed by atoms with Crippen molar-refractivity contribution in [3.63, 3.8) is 0 Å². The van der Waals surface area contributed by atoms with E-state index in [-0.39, 0.29) is 11.3 Å². The Bertz CT molecular complexity index is 1090. The summed E-state index contributed by atoms with van der Waals surface area (Å²) in [6, 6.07) is 17.0. The van der Waals surface area contributed by atoms with Crippen LogP contribution in [-0.4, -0.2) is 22.5 Å². The van der Waals surface area contributed by atoms with Gasteiger partial charge in [0.2, 0.25) is 0 Å². The summed E-state index contributed by atoms with van der Waals surface area (Å²) in [6.07, 6.45) is 5.64. The van der Waals surface area contributed by atoms with Crippen molar-refractivity contribution in [3.8, 4) is 0 Å². The van der Waals surface area contributed by atoms with E-state index in [4.69, 9.17) is 16.7 Å². The number of amides is 1. The molecule has 1 amide bonds. The van der Waals surface area contributed by atoms with E-state index in [1.807, 2.05) is 42.5 Å². The monoisotopic (exact) mass is 417 g/mol. The summed E-state index contributed by atoms with van der Waals surface area (Å²) >= 11 is 5.98. The third-order valence-electron chi connectivity index (χ3n) is 5.06. The van der Waals surface area contributed by atoms with Gasteiger partial charge in [-0.1, -0.05) is 79.6 Å². The summed E-state index contributed by atoms with van der Waals surface area (Å²) in [5.41, 5.74) is 4.37. The molecule has 0 bridgehead atoms. The molecule has 0 unspecified atom stereocenters. The van der Waals surface area contributed by atoms with Crippen molar-refractivity contribution in [2.45, 2.75) is 33.6 Å². The first kappa shape index (κ1) is 20.3. The van der Waals surface area contributed by atoms with Gasteiger partial charge in [-0.2, -0.15) is 10.1 Å². The number of carbonyl (C=O) groups excluding carboxylic acids is 1. The quantitative estimate of drug-likeness (QED) is 0.440. The zero-order chi connectivity index (χ0) is 21.3. The molecule has 1 aliphatic carbocycles. The molecule has 152 valence electrons. The number of allylic oxidation sites excluding steroid dienone is 2. The summed E-state index contributed by atoms with van der Waals surface area (Å²) in [4.78, 5) is 17.9. The zero-order valence-electron chi connectivity index (χ0n) is 17.4. The average molecular weight is 418 g/mol. The second-order valence-corrected chi connectivity index (χ2v) is 8.94. The Morgan fingerprint density at radius 2 is 1.80 bits per heavy atom. The lowest BCUT2D eigenvalue weighted by atomic mass is 9.79. The Labute approximate surface area is 182 Å². The molecule has 2 aliphatic rings. The fourth-order valence-corrected chi connectivity index (χ4v) is 4.11. The van der Waals surface area contributed by atoms with Crippen molar-refractivity contribution in [1.82, 2.24) is 5.01 Å². The molecule has 0 fully saturated rings. The molecule has 4 nitrogen and oxygen atoms in total. The molecule has 1 aliphatic heterocycles. The van der Waals surface area contributed by atoms with Gasteiger partial charge in [0.05, 0.1) is 0 Å². The minimum Gasteiger partial charge on any atom is -0.265 e. The zero-order valence-corrected chi connectivity index (χ0v) is 18.1. The first-order chi connectivity index (χ1) is 14.3. The summed E-state index contributed by atoms with van der Waals surface area (Å²) in [6.45, 7) is 6.49. The predicted molar refractivity (Wildman–Crippen MR) is 123 cm³/mol. The summed E-state index contributed by atoms with van der Waals surface area (Å²) < 4.78 is 0. The van der Waals surface area contributed by atoms with Gasteiger partial charge >= 0.3 is 0 Å². The molecular formula is C25H24ClN3O. The van der Waals surface area contributed by atoms with Crippen LogP contribution in [-0.2, 0) is 4.79 Å². The predicted octanol–water partition coefficient (Wildman–Crippen LogP) is 6.09. The maximum atomic E-state index is 13.3. The van der Waals surface area contributed by atoms with E-state index < -0.39 is 0 Å². The van der Waals surface area contributed by atoms with Crippen LogP contribution in [0.15, 0.2) is 82.0 Å². The Morgan fingerprint density at radius 1 is 1.10 bits per heavy atom. The Balaban J connectivity index is 1.74. The van der Waals surface area contributed by atoms with Crippen LogP contribution < -0.4 is 0 Å². The number of halogens is 1. The third-order valence-corrected chi connectivity index (χ3v) is 5.32. The van der Waals surface area contributed by atoms with Gasteiger partial charge in [-0.3, -0.25) is 4.79 Å². The maximum absolute atomic E-state index is 13.3. The van der Waals surface area contributed by atoms with E-state index in [9.17, 15) is 4.79 Å². The van der Waals surface area contributed by atoms with Crippen molar-refractivity contribution in [2.24, 2.45) is 15.5 Å². The van der Waals surface area contributed by atoms with Gasteiger partial charge < -0.3 is 0 Å². The first-order valence-electron chi connectivity index (χ1n) is 10.0. The maximum Gasteiger partial charge on any atom is 0.298 e. The molecular weight excluding hydrogens is 394 g/mol.